The summed E-state index contributed by atoms with van der Waals surface area (Å²) in [5, 5.41) is 0. The number of rotatable bonds is 5. The second kappa shape index (κ2) is 6.30. The number of nitrogens with one attached hydrogen (secondary N) is 1. The molecule has 1 rings (SSSR count). The Labute approximate surface area is 111 Å². The fourth-order valence-corrected chi connectivity index (χ4v) is 1.58. The molecule has 0 aliphatic rings. The summed E-state index contributed by atoms with van der Waals surface area (Å²) in [7, 11) is 0. The summed E-state index contributed by atoms with van der Waals surface area (Å²) >= 11 is 4.90. The molecule has 0 bridgehead atoms. The lowest BCUT2D eigenvalue weighted by atomic mass is 10.1. The number of thiocarbonyl (C=S) groups is 1. The van der Waals surface area contributed by atoms with Gasteiger partial charge in [0.15, 0.2) is 0 Å². The Balaban J connectivity index is 2.82. The summed E-state index contributed by atoms with van der Waals surface area (Å²) in [5.74, 6) is -0.177. The Morgan fingerprint density at radius 3 is 2.67 bits per heavy atom. The van der Waals surface area contributed by atoms with E-state index in [4.69, 9.17) is 18.0 Å². The predicted molar refractivity (Wildman–Crippen MR) is 74.6 cm³/mol. The molecule has 0 saturated carbocycles. The highest BCUT2D eigenvalue weighted by Gasteiger charge is 2.17. The fourth-order valence-electron chi connectivity index (χ4n) is 1.50. The van der Waals surface area contributed by atoms with E-state index in [0.717, 1.165) is 0 Å². The maximum atomic E-state index is 12.2. The Hall–Kier alpha value is -1.69. The fraction of sp³-hybridized carbons (Fsp3) is 0.417. The van der Waals surface area contributed by atoms with Crippen molar-refractivity contribution < 1.29 is 4.79 Å². The van der Waals surface area contributed by atoms with E-state index in [2.05, 4.69) is 4.98 Å². The van der Waals surface area contributed by atoms with E-state index in [9.17, 15) is 9.59 Å². The molecule has 1 unspecified atom stereocenters. The predicted octanol–water partition coefficient (Wildman–Crippen LogP) is 0.759. The van der Waals surface area contributed by atoms with Crippen LogP contribution in [0.2, 0.25) is 0 Å². The maximum absolute atomic E-state index is 12.2. The van der Waals surface area contributed by atoms with Crippen LogP contribution in [0.15, 0.2) is 23.1 Å². The minimum absolute atomic E-state index is 0.0355. The zero-order valence-corrected chi connectivity index (χ0v) is 11.3. The molecular formula is C12H17N3O2S. The number of nitrogens with two attached hydrogens (primary N) is 1. The van der Waals surface area contributed by atoms with Crippen LogP contribution in [-0.4, -0.2) is 33.9 Å². The van der Waals surface area contributed by atoms with E-state index in [-0.39, 0.29) is 17.4 Å². The Bertz CT molecular complexity index is 478. The first-order valence-corrected chi connectivity index (χ1v) is 6.13. The molecule has 0 spiro atoms. The molecule has 0 aliphatic heterocycles. The van der Waals surface area contributed by atoms with E-state index < -0.39 is 0 Å². The lowest BCUT2D eigenvalue weighted by Gasteiger charge is -2.24. The largest absolute Gasteiger partial charge is 0.393 e. The number of hydrogen-bond donors (Lipinski definition) is 2. The van der Waals surface area contributed by atoms with Gasteiger partial charge >= 0.3 is 0 Å². The number of carbonyl (C=O) groups is 1. The molecule has 0 aromatic carbocycles. The molecule has 1 heterocycles. The standard InChI is InChI=1S/C12H17N3O2S/c1-3-15(7-8(2)11(13)18)12(17)9-4-5-10(16)14-6-9/h4-6,8H,3,7H2,1-2H3,(H2,13,18)(H,14,16). The normalized spacial score (nSPS) is 11.9. The van der Waals surface area contributed by atoms with Gasteiger partial charge in [-0.15, -0.1) is 0 Å². The number of amides is 1. The summed E-state index contributed by atoms with van der Waals surface area (Å²) in [5.41, 5.74) is 5.76. The second-order valence-electron chi connectivity index (χ2n) is 4.09. The average Bonchev–Trinajstić information content (AvgIpc) is 2.35. The van der Waals surface area contributed by atoms with Gasteiger partial charge in [0.25, 0.3) is 5.91 Å². The molecular weight excluding hydrogens is 250 g/mol. The Morgan fingerprint density at radius 2 is 2.22 bits per heavy atom. The number of carbonyl (C=O) groups excluding carboxylic acids is 1. The summed E-state index contributed by atoms with van der Waals surface area (Å²) in [6.07, 6.45) is 1.42. The molecule has 6 heteroatoms. The van der Waals surface area contributed by atoms with Crippen molar-refractivity contribution in [1.29, 1.82) is 0 Å². The first kappa shape index (κ1) is 14.4. The van der Waals surface area contributed by atoms with E-state index in [1.165, 1.54) is 18.3 Å². The zero-order valence-electron chi connectivity index (χ0n) is 10.5. The van der Waals surface area contributed by atoms with Gasteiger partial charge < -0.3 is 15.6 Å². The van der Waals surface area contributed by atoms with Gasteiger partial charge in [-0.3, -0.25) is 9.59 Å². The van der Waals surface area contributed by atoms with Crippen LogP contribution >= 0.6 is 12.2 Å². The van der Waals surface area contributed by atoms with Crippen LogP contribution in [0.1, 0.15) is 24.2 Å². The molecule has 3 N–H and O–H groups in total. The van der Waals surface area contributed by atoms with E-state index in [1.807, 2.05) is 13.8 Å². The van der Waals surface area contributed by atoms with Crippen LogP contribution in [0.4, 0.5) is 0 Å². The van der Waals surface area contributed by atoms with Gasteiger partial charge in [-0.1, -0.05) is 19.1 Å². The Kier molecular flexibility index (Phi) is 5.03. The molecule has 1 atom stereocenters. The highest BCUT2D eigenvalue weighted by Crippen LogP contribution is 2.06. The van der Waals surface area contributed by atoms with Crippen molar-refractivity contribution in [2.24, 2.45) is 11.7 Å². The molecule has 0 radical (unpaired) electrons. The van der Waals surface area contributed by atoms with Gasteiger partial charge in [0, 0.05) is 31.3 Å². The SMILES string of the molecule is CCN(CC(C)C(N)=S)C(=O)c1ccc(=O)[nH]c1. The Morgan fingerprint density at radius 1 is 1.56 bits per heavy atom. The number of aromatic nitrogens is 1. The first-order valence-electron chi connectivity index (χ1n) is 5.73. The van der Waals surface area contributed by atoms with Crippen molar-refractivity contribution in [2.45, 2.75) is 13.8 Å². The highest BCUT2D eigenvalue weighted by atomic mass is 32.1. The smallest absolute Gasteiger partial charge is 0.255 e. The van der Waals surface area contributed by atoms with Gasteiger partial charge in [-0.25, -0.2) is 0 Å². The summed E-state index contributed by atoms with van der Waals surface area (Å²) in [6, 6.07) is 2.84. The van der Waals surface area contributed by atoms with Crippen LogP contribution in [-0.2, 0) is 0 Å². The minimum Gasteiger partial charge on any atom is -0.393 e. The summed E-state index contributed by atoms with van der Waals surface area (Å²) in [4.78, 5) is 27.6. The van der Waals surface area contributed by atoms with Crippen LogP contribution < -0.4 is 11.3 Å². The van der Waals surface area contributed by atoms with Crippen molar-refractivity contribution in [3.05, 3.63) is 34.2 Å². The second-order valence-corrected chi connectivity index (χ2v) is 4.56. The first-order chi connectivity index (χ1) is 8.45. The lowest BCUT2D eigenvalue weighted by Crippen LogP contribution is -2.38. The van der Waals surface area contributed by atoms with Crippen LogP contribution in [0, 0.1) is 5.92 Å². The van der Waals surface area contributed by atoms with Crippen molar-refractivity contribution in [1.82, 2.24) is 9.88 Å². The van der Waals surface area contributed by atoms with Crippen molar-refractivity contribution in [2.75, 3.05) is 13.1 Å². The van der Waals surface area contributed by atoms with Crippen molar-refractivity contribution >= 4 is 23.1 Å². The quantitative estimate of drug-likeness (QED) is 0.772. The van der Waals surface area contributed by atoms with Crippen LogP contribution in [0.5, 0.6) is 0 Å². The van der Waals surface area contributed by atoms with E-state index >= 15 is 0 Å². The van der Waals surface area contributed by atoms with Crippen LogP contribution in [0.25, 0.3) is 0 Å². The number of pyridine rings is 1. The molecule has 1 aromatic heterocycles. The summed E-state index contributed by atoms with van der Waals surface area (Å²) < 4.78 is 0. The molecule has 5 nitrogen and oxygen atoms in total. The topological polar surface area (TPSA) is 79.2 Å². The molecule has 1 aromatic rings. The highest BCUT2D eigenvalue weighted by molar-refractivity contribution is 7.80. The van der Waals surface area contributed by atoms with Gasteiger partial charge in [0.1, 0.15) is 0 Å². The van der Waals surface area contributed by atoms with Gasteiger partial charge in [-0.2, -0.15) is 0 Å². The van der Waals surface area contributed by atoms with Crippen molar-refractivity contribution in [3.8, 4) is 0 Å². The van der Waals surface area contributed by atoms with Crippen molar-refractivity contribution in [3.63, 3.8) is 0 Å². The number of H-pyrrole nitrogens is 1. The third kappa shape index (κ3) is 3.66. The number of hydrogen-bond acceptors (Lipinski definition) is 3. The van der Waals surface area contributed by atoms with Gasteiger partial charge in [0.2, 0.25) is 5.56 Å². The summed E-state index contributed by atoms with van der Waals surface area (Å²) in [6.45, 7) is 4.80. The minimum atomic E-state index is -0.230. The maximum Gasteiger partial charge on any atom is 0.255 e. The third-order valence-corrected chi connectivity index (χ3v) is 3.08. The number of aromatic amines is 1. The van der Waals surface area contributed by atoms with Crippen LogP contribution in [0.3, 0.4) is 0 Å². The molecule has 0 fully saturated rings. The lowest BCUT2D eigenvalue weighted by molar-refractivity contribution is 0.0754. The van der Waals surface area contributed by atoms with Gasteiger partial charge in [0.05, 0.1) is 10.6 Å². The zero-order chi connectivity index (χ0) is 13.7. The monoisotopic (exact) mass is 267 g/mol. The van der Waals surface area contributed by atoms with Gasteiger partial charge in [-0.05, 0) is 13.0 Å². The number of nitrogens with zero attached hydrogens (tertiary/aromatic N) is 1. The molecule has 1 amide bonds. The third-order valence-electron chi connectivity index (χ3n) is 2.68. The molecule has 18 heavy (non-hydrogen) atoms. The van der Waals surface area contributed by atoms with E-state index in [0.29, 0.717) is 23.6 Å². The average molecular weight is 267 g/mol. The molecule has 0 saturated heterocycles. The molecule has 98 valence electrons. The molecule has 0 aliphatic carbocycles. The van der Waals surface area contributed by atoms with E-state index in [1.54, 1.807) is 4.90 Å².